The quantitative estimate of drug-likeness (QED) is 0.753. The van der Waals surface area contributed by atoms with E-state index in [4.69, 9.17) is 16.3 Å². The van der Waals surface area contributed by atoms with Crippen molar-refractivity contribution in [3.05, 3.63) is 64.7 Å². The van der Waals surface area contributed by atoms with Gasteiger partial charge in [-0.2, -0.15) is 0 Å². The summed E-state index contributed by atoms with van der Waals surface area (Å²) in [4.78, 5) is 37.9. The molecule has 0 saturated carbocycles. The summed E-state index contributed by atoms with van der Waals surface area (Å²) in [5, 5.41) is 3.17. The Bertz CT molecular complexity index is 885. The van der Waals surface area contributed by atoms with Gasteiger partial charge in [-0.25, -0.2) is 4.79 Å². The van der Waals surface area contributed by atoms with Crippen LogP contribution in [0.2, 0.25) is 5.02 Å². The van der Waals surface area contributed by atoms with Gasteiger partial charge in [-0.05, 0) is 37.1 Å². The first-order chi connectivity index (χ1) is 13.5. The Morgan fingerprint density at radius 2 is 1.96 bits per heavy atom. The number of halogens is 1. The third kappa shape index (κ3) is 4.70. The Kier molecular flexibility index (Phi) is 6.31. The molecule has 2 aromatic rings. The maximum atomic E-state index is 12.3. The molecule has 146 valence electrons. The van der Waals surface area contributed by atoms with Crippen LogP contribution in [0.5, 0.6) is 0 Å². The average molecular weight is 401 g/mol. The normalized spacial score (nSPS) is 14.6. The number of amides is 2. The molecule has 1 atom stereocenters. The van der Waals surface area contributed by atoms with Crippen molar-refractivity contribution in [1.82, 2.24) is 5.32 Å². The van der Waals surface area contributed by atoms with Crippen LogP contribution in [0.15, 0.2) is 48.5 Å². The van der Waals surface area contributed by atoms with Crippen molar-refractivity contribution < 1.29 is 19.1 Å². The Hall–Kier alpha value is -2.86. The number of benzene rings is 2. The monoisotopic (exact) mass is 400 g/mol. The lowest BCUT2D eigenvalue weighted by atomic mass is 10.1. The first-order valence-electron chi connectivity index (χ1n) is 9.07. The van der Waals surface area contributed by atoms with E-state index in [1.807, 2.05) is 37.3 Å². The van der Waals surface area contributed by atoms with Gasteiger partial charge in [-0.3, -0.25) is 9.59 Å². The van der Waals surface area contributed by atoms with Crippen molar-refractivity contribution in [2.75, 3.05) is 18.1 Å². The lowest BCUT2D eigenvalue weighted by molar-refractivity contribution is -0.124. The van der Waals surface area contributed by atoms with Gasteiger partial charge in [0.2, 0.25) is 5.91 Å². The van der Waals surface area contributed by atoms with Gasteiger partial charge < -0.3 is 15.0 Å². The molecule has 1 fully saturated rings. The fourth-order valence-electron chi connectivity index (χ4n) is 3.07. The van der Waals surface area contributed by atoms with Crippen LogP contribution in [0.1, 0.15) is 41.7 Å². The van der Waals surface area contributed by atoms with Crippen molar-refractivity contribution in [2.24, 2.45) is 0 Å². The Balaban J connectivity index is 1.59. The molecular formula is C21H21ClN2O4. The molecule has 1 N–H and O–H groups in total. The third-order valence-electron chi connectivity index (χ3n) is 4.56. The summed E-state index contributed by atoms with van der Waals surface area (Å²) in [7, 11) is 0. The van der Waals surface area contributed by atoms with Gasteiger partial charge in [0.15, 0.2) is 6.61 Å². The minimum Gasteiger partial charge on any atom is -0.452 e. The van der Waals surface area contributed by atoms with Crippen molar-refractivity contribution in [2.45, 2.75) is 25.8 Å². The number of anilines is 1. The predicted octanol–water partition coefficient (Wildman–Crippen LogP) is 3.50. The average Bonchev–Trinajstić information content (AvgIpc) is 3.13. The van der Waals surface area contributed by atoms with Crippen LogP contribution >= 0.6 is 11.6 Å². The molecule has 6 nitrogen and oxygen atoms in total. The summed E-state index contributed by atoms with van der Waals surface area (Å²) in [6, 6.07) is 13.9. The van der Waals surface area contributed by atoms with Crippen LogP contribution in [-0.4, -0.2) is 30.9 Å². The highest BCUT2D eigenvalue weighted by molar-refractivity contribution is 6.34. The Labute approximate surface area is 168 Å². The third-order valence-corrected chi connectivity index (χ3v) is 4.88. The van der Waals surface area contributed by atoms with Gasteiger partial charge in [0, 0.05) is 13.0 Å². The molecule has 1 heterocycles. The van der Waals surface area contributed by atoms with Crippen LogP contribution in [0.4, 0.5) is 5.69 Å². The minimum atomic E-state index is -0.646. The van der Waals surface area contributed by atoms with E-state index in [2.05, 4.69) is 5.32 Å². The molecule has 0 bridgehead atoms. The molecule has 0 aromatic heterocycles. The van der Waals surface area contributed by atoms with E-state index in [9.17, 15) is 14.4 Å². The lowest BCUT2D eigenvalue weighted by Gasteiger charge is -2.18. The number of rotatable bonds is 6. The van der Waals surface area contributed by atoms with Gasteiger partial charge in [-0.1, -0.05) is 41.9 Å². The smallest absolute Gasteiger partial charge is 0.338 e. The maximum absolute atomic E-state index is 12.3. The van der Waals surface area contributed by atoms with Gasteiger partial charge >= 0.3 is 5.97 Å². The van der Waals surface area contributed by atoms with E-state index in [0.717, 1.165) is 12.0 Å². The second-order valence-electron chi connectivity index (χ2n) is 6.59. The molecule has 7 heteroatoms. The van der Waals surface area contributed by atoms with Crippen molar-refractivity contribution in [3.63, 3.8) is 0 Å². The fraction of sp³-hybridized carbons (Fsp3) is 0.286. The highest BCUT2D eigenvalue weighted by atomic mass is 35.5. The summed E-state index contributed by atoms with van der Waals surface area (Å²) >= 11 is 6.18. The van der Waals surface area contributed by atoms with E-state index < -0.39 is 18.5 Å². The topological polar surface area (TPSA) is 75.7 Å². The lowest BCUT2D eigenvalue weighted by Crippen LogP contribution is -2.31. The number of carbonyl (C=O) groups is 3. The molecule has 0 radical (unpaired) electrons. The second kappa shape index (κ2) is 8.89. The van der Waals surface area contributed by atoms with Gasteiger partial charge in [0.25, 0.3) is 5.91 Å². The molecule has 3 rings (SSSR count). The number of nitrogens with zero attached hydrogens (tertiary/aromatic N) is 1. The summed E-state index contributed by atoms with van der Waals surface area (Å²) in [6.07, 6.45) is 1.22. The van der Waals surface area contributed by atoms with Crippen LogP contribution in [0.3, 0.4) is 0 Å². The summed E-state index contributed by atoms with van der Waals surface area (Å²) < 4.78 is 5.11. The summed E-state index contributed by atoms with van der Waals surface area (Å²) in [5.74, 6) is -1.07. The van der Waals surface area contributed by atoms with Crippen molar-refractivity contribution >= 4 is 35.1 Å². The highest BCUT2D eigenvalue weighted by Gasteiger charge is 2.25. The number of esters is 1. The van der Waals surface area contributed by atoms with Crippen LogP contribution in [-0.2, 0) is 14.3 Å². The minimum absolute atomic E-state index is 0.0262. The van der Waals surface area contributed by atoms with E-state index in [0.29, 0.717) is 23.7 Å². The Morgan fingerprint density at radius 1 is 1.21 bits per heavy atom. The largest absolute Gasteiger partial charge is 0.452 e. The zero-order valence-electron chi connectivity index (χ0n) is 15.5. The molecule has 28 heavy (non-hydrogen) atoms. The Morgan fingerprint density at radius 3 is 2.64 bits per heavy atom. The first kappa shape index (κ1) is 19.9. The van der Waals surface area contributed by atoms with Crippen LogP contribution < -0.4 is 10.2 Å². The molecule has 0 unspecified atom stereocenters. The number of carbonyl (C=O) groups excluding carboxylic acids is 3. The van der Waals surface area contributed by atoms with E-state index >= 15 is 0 Å². The zero-order chi connectivity index (χ0) is 20.1. The molecule has 1 aliphatic heterocycles. The predicted molar refractivity (Wildman–Crippen MR) is 106 cm³/mol. The first-order valence-corrected chi connectivity index (χ1v) is 9.45. The number of nitrogens with one attached hydrogen (secondary N) is 1. The highest BCUT2D eigenvalue weighted by Crippen LogP contribution is 2.30. The number of hydrogen-bond donors (Lipinski definition) is 1. The van der Waals surface area contributed by atoms with E-state index in [1.54, 1.807) is 11.0 Å². The van der Waals surface area contributed by atoms with Crippen LogP contribution in [0.25, 0.3) is 0 Å². The van der Waals surface area contributed by atoms with Gasteiger partial charge in [0.05, 0.1) is 22.3 Å². The van der Waals surface area contributed by atoms with E-state index in [1.165, 1.54) is 12.1 Å². The summed E-state index contributed by atoms with van der Waals surface area (Å²) in [6.45, 7) is 2.03. The van der Waals surface area contributed by atoms with Crippen molar-refractivity contribution in [1.29, 1.82) is 0 Å². The second-order valence-corrected chi connectivity index (χ2v) is 7.00. The molecule has 2 amide bonds. The van der Waals surface area contributed by atoms with Gasteiger partial charge in [0.1, 0.15) is 0 Å². The number of hydrogen-bond acceptors (Lipinski definition) is 4. The standard InChI is InChI=1S/C21H21ClN2O4/c1-14(15-6-3-2-4-7-15)23-19(25)13-28-21(27)16-9-10-17(22)18(12-16)24-11-5-8-20(24)26/h2-4,6-7,9-10,12,14H,5,8,11,13H2,1H3,(H,23,25)/t14-/m0/s1. The maximum Gasteiger partial charge on any atom is 0.338 e. The van der Waals surface area contributed by atoms with Gasteiger partial charge in [-0.15, -0.1) is 0 Å². The van der Waals surface area contributed by atoms with Crippen molar-refractivity contribution in [3.8, 4) is 0 Å². The fourth-order valence-corrected chi connectivity index (χ4v) is 3.29. The van der Waals surface area contributed by atoms with Crippen LogP contribution in [0, 0.1) is 0 Å². The SMILES string of the molecule is C[C@H](NC(=O)COC(=O)c1ccc(Cl)c(N2CCCC2=O)c1)c1ccccc1. The molecule has 1 saturated heterocycles. The number of ether oxygens (including phenoxy) is 1. The van der Waals surface area contributed by atoms with E-state index in [-0.39, 0.29) is 17.5 Å². The molecule has 1 aliphatic rings. The summed E-state index contributed by atoms with van der Waals surface area (Å²) in [5.41, 5.74) is 1.68. The molecule has 2 aromatic carbocycles. The molecular weight excluding hydrogens is 380 g/mol. The molecule has 0 spiro atoms. The molecule has 0 aliphatic carbocycles. The zero-order valence-corrected chi connectivity index (χ0v) is 16.2.